The summed E-state index contributed by atoms with van der Waals surface area (Å²) < 4.78 is 5.42. The molecule has 1 aromatic carbocycles. The first-order chi connectivity index (χ1) is 16.9. The van der Waals surface area contributed by atoms with Crippen molar-refractivity contribution in [2.45, 2.75) is 58.1 Å². The van der Waals surface area contributed by atoms with E-state index in [1.165, 1.54) is 0 Å². The van der Waals surface area contributed by atoms with Crippen LogP contribution in [-0.2, 0) is 19.1 Å². The number of fused-ring (bicyclic) bond motifs is 1. The molecule has 1 N–H and O–H groups in total. The third-order valence-corrected chi connectivity index (χ3v) is 7.50. The van der Waals surface area contributed by atoms with Crippen molar-refractivity contribution in [1.82, 2.24) is 15.1 Å². The summed E-state index contributed by atoms with van der Waals surface area (Å²) in [5.74, 6) is -2.18. The topological polar surface area (TPSA) is 116 Å². The molecular weight excluding hydrogens is 464 g/mol. The van der Waals surface area contributed by atoms with Crippen molar-refractivity contribution in [3.05, 3.63) is 29.3 Å². The number of amides is 4. The average Bonchev–Trinajstić information content (AvgIpc) is 3.02. The molecule has 3 fully saturated rings. The Balaban J connectivity index is 1.19. The molecule has 36 heavy (non-hydrogen) atoms. The summed E-state index contributed by atoms with van der Waals surface area (Å²) in [7, 11) is 0. The van der Waals surface area contributed by atoms with Gasteiger partial charge in [-0.3, -0.25) is 39.1 Å². The van der Waals surface area contributed by atoms with Crippen LogP contribution >= 0.6 is 0 Å². The number of benzene rings is 1. The lowest BCUT2D eigenvalue weighted by Crippen LogP contribution is -2.61. The van der Waals surface area contributed by atoms with E-state index in [2.05, 4.69) is 15.1 Å². The maximum atomic E-state index is 13.1. The molecule has 1 spiro atoms. The van der Waals surface area contributed by atoms with Gasteiger partial charge in [0, 0.05) is 38.3 Å². The van der Waals surface area contributed by atoms with Crippen molar-refractivity contribution < 1.29 is 28.7 Å². The maximum absolute atomic E-state index is 13.1. The van der Waals surface area contributed by atoms with Crippen LogP contribution in [0.15, 0.2) is 18.2 Å². The highest BCUT2D eigenvalue weighted by Gasteiger charge is 2.47. The number of anilines is 1. The highest BCUT2D eigenvalue weighted by atomic mass is 16.6. The molecule has 4 heterocycles. The van der Waals surface area contributed by atoms with Crippen molar-refractivity contribution in [2.75, 3.05) is 37.6 Å². The Morgan fingerprint density at radius 3 is 2.36 bits per heavy atom. The fourth-order valence-electron chi connectivity index (χ4n) is 5.78. The lowest BCUT2D eigenvalue weighted by molar-refractivity contribution is -0.160. The van der Waals surface area contributed by atoms with E-state index >= 15 is 0 Å². The highest BCUT2D eigenvalue weighted by molar-refractivity contribution is 6.23. The fraction of sp³-hybridized carbons (Fsp3) is 0.577. The van der Waals surface area contributed by atoms with Gasteiger partial charge in [-0.15, -0.1) is 0 Å². The Morgan fingerprint density at radius 1 is 1.06 bits per heavy atom. The van der Waals surface area contributed by atoms with Crippen LogP contribution in [0.4, 0.5) is 5.69 Å². The van der Waals surface area contributed by atoms with Crippen LogP contribution in [-0.4, -0.2) is 83.8 Å². The lowest BCUT2D eigenvalue weighted by Gasteiger charge is -2.54. The first-order valence-corrected chi connectivity index (χ1v) is 12.5. The molecule has 0 aromatic heterocycles. The molecule has 1 unspecified atom stereocenters. The number of likely N-dealkylation sites (tertiary alicyclic amines) is 1. The Labute approximate surface area is 209 Å². The predicted octanol–water partition coefficient (Wildman–Crippen LogP) is 1.33. The standard InChI is InChI=1S/C26H32N4O6/c1-25(2,3)36-21(32)13-28-14-26(15-28)8-10-29(11-9-26)16-4-5-17-18(12-16)24(35)30(23(17)34)19-6-7-20(31)27-22(19)33/h4-5,12,19H,6-11,13-15H2,1-3H3,(H,27,31,33). The summed E-state index contributed by atoms with van der Waals surface area (Å²) >= 11 is 0. The van der Waals surface area contributed by atoms with Crippen LogP contribution in [0.3, 0.4) is 0 Å². The number of rotatable bonds is 4. The van der Waals surface area contributed by atoms with E-state index in [4.69, 9.17) is 4.74 Å². The molecule has 10 nitrogen and oxygen atoms in total. The smallest absolute Gasteiger partial charge is 0.320 e. The zero-order valence-electron chi connectivity index (χ0n) is 21.0. The van der Waals surface area contributed by atoms with Gasteiger partial charge in [0.05, 0.1) is 17.7 Å². The molecule has 4 aliphatic rings. The number of nitrogens with one attached hydrogen (secondary N) is 1. The molecule has 0 saturated carbocycles. The van der Waals surface area contributed by atoms with Gasteiger partial charge >= 0.3 is 5.97 Å². The molecule has 0 radical (unpaired) electrons. The number of hydrogen-bond acceptors (Lipinski definition) is 8. The summed E-state index contributed by atoms with van der Waals surface area (Å²) in [6, 6.07) is 4.30. The quantitative estimate of drug-likeness (QED) is 0.490. The monoisotopic (exact) mass is 496 g/mol. The first-order valence-electron chi connectivity index (χ1n) is 12.5. The van der Waals surface area contributed by atoms with Gasteiger partial charge in [0.25, 0.3) is 11.8 Å². The average molecular weight is 497 g/mol. The third-order valence-electron chi connectivity index (χ3n) is 7.50. The molecule has 10 heteroatoms. The van der Waals surface area contributed by atoms with Crippen LogP contribution in [0, 0.1) is 5.41 Å². The van der Waals surface area contributed by atoms with Gasteiger partial charge < -0.3 is 9.64 Å². The van der Waals surface area contributed by atoms with Crippen LogP contribution in [0.25, 0.3) is 0 Å². The van der Waals surface area contributed by atoms with E-state index < -0.39 is 35.3 Å². The second-order valence-corrected chi connectivity index (χ2v) is 11.4. The first kappa shape index (κ1) is 24.4. The van der Waals surface area contributed by atoms with Crippen LogP contribution < -0.4 is 10.2 Å². The van der Waals surface area contributed by atoms with E-state index in [-0.39, 0.29) is 24.2 Å². The largest absolute Gasteiger partial charge is 0.459 e. The van der Waals surface area contributed by atoms with Crippen molar-refractivity contribution in [3.8, 4) is 0 Å². The molecule has 5 rings (SSSR count). The number of ether oxygens (including phenoxy) is 1. The van der Waals surface area contributed by atoms with Gasteiger partial charge in [-0.05, 0) is 63.6 Å². The van der Waals surface area contributed by atoms with Gasteiger partial charge in [0.1, 0.15) is 11.6 Å². The predicted molar refractivity (Wildman–Crippen MR) is 129 cm³/mol. The molecule has 0 aliphatic carbocycles. The van der Waals surface area contributed by atoms with Crippen LogP contribution in [0.1, 0.15) is 67.2 Å². The Kier molecular flexibility index (Phi) is 5.89. The molecule has 1 atom stereocenters. The summed E-state index contributed by atoms with van der Waals surface area (Å²) in [6.45, 7) is 9.30. The summed E-state index contributed by atoms with van der Waals surface area (Å²) in [5, 5.41) is 2.22. The zero-order chi connectivity index (χ0) is 25.8. The second-order valence-electron chi connectivity index (χ2n) is 11.4. The van der Waals surface area contributed by atoms with Gasteiger partial charge in [-0.25, -0.2) is 0 Å². The van der Waals surface area contributed by atoms with Crippen LogP contribution in [0.2, 0.25) is 0 Å². The minimum Gasteiger partial charge on any atom is -0.459 e. The maximum Gasteiger partial charge on any atom is 0.320 e. The van der Waals surface area contributed by atoms with E-state index in [0.29, 0.717) is 17.7 Å². The van der Waals surface area contributed by atoms with Crippen molar-refractivity contribution in [1.29, 1.82) is 0 Å². The minimum absolute atomic E-state index is 0.0970. The van der Waals surface area contributed by atoms with Crippen LogP contribution in [0.5, 0.6) is 0 Å². The molecule has 4 aliphatic heterocycles. The number of imide groups is 2. The fourth-order valence-corrected chi connectivity index (χ4v) is 5.78. The number of esters is 1. The van der Waals surface area contributed by atoms with E-state index in [1.54, 1.807) is 12.1 Å². The summed E-state index contributed by atoms with van der Waals surface area (Å²) in [6.07, 6.45) is 2.19. The SMILES string of the molecule is CC(C)(C)OC(=O)CN1CC2(CCN(c3ccc4c(c3)C(=O)N(C3CCC(=O)NC3=O)C4=O)CC2)C1. The Morgan fingerprint density at radius 2 is 1.72 bits per heavy atom. The molecular formula is C26H32N4O6. The van der Waals surface area contributed by atoms with E-state index in [0.717, 1.165) is 49.6 Å². The minimum atomic E-state index is -0.962. The lowest BCUT2D eigenvalue weighted by atomic mass is 9.72. The van der Waals surface area contributed by atoms with Gasteiger partial charge in [0.15, 0.2) is 0 Å². The van der Waals surface area contributed by atoms with Gasteiger partial charge in [0.2, 0.25) is 11.8 Å². The molecule has 192 valence electrons. The van der Waals surface area contributed by atoms with E-state index in [9.17, 15) is 24.0 Å². The summed E-state index contributed by atoms with van der Waals surface area (Å²) in [4.78, 5) is 67.2. The highest BCUT2D eigenvalue weighted by Crippen LogP contribution is 2.42. The summed E-state index contributed by atoms with van der Waals surface area (Å²) in [5.41, 5.74) is 1.18. The molecule has 4 amide bonds. The molecule has 3 saturated heterocycles. The Hall–Kier alpha value is -3.27. The third kappa shape index (κ3) is 4.50. The number of carbonyl (C=O) groups is 5. The molecule has 0 bridgehead atoms. The molecule has 1 aromatic rings. The van der Waals surface area contributed by atoms with Gasteiger partial charge in [-0.1, -0.05) is 0 Å². The normalized spacial score (nSPS) is 24.0. The number of piperidine rings is 2. The van der Waals surface area contributed by atoms with Crippen molar-refractivity contribution in [3.63, 3.8) is 0 Å². The van der Waals surface area contributed by atoms with Crippen molar-refractivity contribution in [2.24, 2.45) is 5.41 Å². The zero-order valence-corrected chi connectivity index (χ0v) is 21.0. The van der Waals surface area contributed by atoms with Crippen molar-refractivity contribution >= 4 is 35.3 Å². The number of nitrogens with zero attached hydrogens (tertiary/aromatic N) is 3. The second kappa shape index (κ2) is 8.69. The van der Waals surface area contributed by atoms with Gasteiger partial charge in [-0.2, -0.15) is 0 Å². The Bertz CT molecular complexity index is 1140. The number of hydrogen-bond donors (Lipinski definition) is 1. The van der Waals surface area contributed by atoms with E-state index in [1.807, 2.05) is 26.8 Å². The number of carbonyl (C=O) groups excluding carboxylic acids is 5.